The molecule has 1 aliphatic carbocycles. The van der Waals surface area contributed by atoms with E-state index >= 15 is 0 Å². The molecule has 0 N–H and O–H groups in total. The number of sulfone groups is 1. The van der Waals surface area contributed by atoms with Crippen molar-refractivity contribution in [3.63, 3.8) is 0 Å². The van der Waals surface area contributed by atoms with Gasteiger partial charge in [-0.2, -0.15) is 17.9 Å². The molecule has 0 bridgehead atoms. The Labute approximate surface area is 200 Å². The number of hydrogen-bond acceptors (Lipinski definition) is 5. The number of halogens is 5. The van der Waals surface area contributed by atoms with Crippen LogP contribution in [0.3, 0.4) is 0 Å². The molecule has 188 valence electrons. The van der Waals surface area contributed by atoms with E-state index in [1.807, 2.05) is 0 Å². The molecule has 1 saturated carbocycles. The maximum atomic E-state index is 13.7. The van der Waals surface area contributed by atoms with Crippen molar-refractivity contribution in [1.82, 2.24) is 19.2 Å². The Balaban J connectivity index is 1.69. The van der Waals surface area contributed by atoms with Gasteiger partial charge in [-0.05, 0) is 48.2 Å². The Hall–Kier alpha value is -3.61. The zero-order valence-electron chi connectivity index (χ0n) is 18.6. The Morgan fingerprint density at radius 1 is 1.03 bits per heavy atom. The standard InChI is InChI=1S/C23H17F5N4O3S/c1-2-36(34,35)18-9-14(13-7-16(24)10-17(25)8-13)11-29-20(18)32-21(33)31-12-15(3-4-19(31)30-32)22(5-6-22)23(26,27)28/h3-4,7-12H,2,5-6H2,1H3. The lowest BCUT2D eigenvalue weighted by Gasteiger charge is -2.19. The first-order valence-corrected chi connectivity index (χ1v) is 12.4. The van der Waals surface area contributed by atoms with Crippen LogP contribution in [0.1, 0.15) is 25.3 Å². The molecular weight excluding hydrogens is 507 g/mol. The predicted molar refractivity (Wildman–Crippen MR) is 119 cm³/mol. The van der Waals surface area contributed by atoms with Gasteiger partial charge in [0.1, 0.15) is 16.5 Å². The molecule has 1 aromatic carbocycles. The van der Waals surface area contributed by atoms with Crippen LogP contribution >= 0.6 is 0 Å². The minimum absolute atomic E-state index is 0.0142. The van der Waals surface area contributed by atoms with Gasteiger partial charge in [0.25, 0.3) is 0 Å². The smallest absolute Gasteiger partial charge is 0.250 e. The predicted octanol–water partition coefficient (Wildman–Crippen LogP) is 4.21. The minimum atomic E-state index is -4.49. The van der Waals surface area contributed by atoms with Gasteiger partial charge in [0.05, 0.1) is 11.2 Å². The second-order valence-corrected chi connectivity index (χ2v) is 10.8. The maximum Gasteiger partial charge on any atom is 0.398 e. The third-order valence-electron chi connectivity index (χ3n) is 6.31. The lowest BCUT2D eigenvalue weighted by atomic mass is 9.97. The molecule has 0 unspecified atom stereocenters. The molecule has 7 nitrogen and oxygen atoms in total. The molecule has 3 heterocycles. The molecule has 5 rings (SSSR count). The van der Waals surface area contributed by atoms with E-state index in [4.69, 9.17) is 0 Å². The SMILES string of the molecule is CCS(=O)(=O)c1cc(-c2cc(F)cc(F)c2)cnc1-n1nc2ccc(C3(C(F)(F)F)CC3)cn2c1=O. The molecule has 0 saturated heterocycles. The fourth-order valence-corrected chi connectivity index (χ4v) is 5.15. The van der Waals surface area contributed by atoms with Crippen molar-refractivity contribution in [2.75, 3.05) is 5.75 Å². The number of pyridine rings is 2. The normalized spacial score (nSPS) is 15.4. The van der Waals surface area contributed by atoms with Gasteiger partial charge in [0.2, 0.25) is 0 Å². The summed E-state index contributed by atoms with van der Waals surface area (Å²) in [4.78, 5) is 16.8. The van der Waals surface area contributed by atoms with Crippen LogP contribution in [0.15, 0.2) is 58.5 Å². The zero-order chi connectivity index (χ0) is 26.0. The van der Waals surface area contributed by atoms with Crippen molar-refractivity contribution < 1.29 is 30.4 Å². The number of aromatic nitrogens is 4. The first kappa shape index (κ1) is 24.1. The Kier molecular flexibility index (Phi) is 5.32. The molecular formula is C23H17F5N4O3S. The lowest BCUT2D eigenvalue weighted by molar-refractivity contribution is -0.160. The minimum Gasteiger partial charge on any atom is -0.250 e. The van der Waals surface area contributed by atoms with Crippen LogP contribution in [-0.4, -0.2) is 39.5 Å². The highest BCUT2D eigenvalue weighted by Crippen LogP contribution is 2.58. The average molecular weight is 524 g/mol. The van der Waals surface area contributed by atoms with Crippen LogP contribution in [0, 0.1) is 11.6 Å². The Morgan fingerprint density at radius 2 is 1.69 bits per heavy atom. The summed E-state index contributed by atoms with van der Waals surface area (Å²) in [5, 5.41) is 4.07. The van der Waals surface area contributed by atoms with Crippen molar-refractivity contribution in [2.24, 2.45) is 0 Å². The van der Waals surface area contributed by atoms with E-state index in [2.05, 4.69) is 10.1 Å². The van der Waals surface area contributed by atoms with Crippen LogP contribution in [0.2, 0.25) is 0 Å². The lowest BCUT2D eigenvalue weighted by Crippen LogP contribution is -2.29. The summed E-state index contributed by atoms with van der Waals surface area (Å²) in [6, 6.07) is 6.26. The maximum absolute atomic E-state index is 13.7. The van der Waals surface area contributed by atoms with E-state index in [0.717, 1.165) is 35.0 Å². The summed E-state index contributed by atoms with van der Waals surface area (Å²) >= 11 is 0. The monoisotopic (exact) mass is 524 g/mol. The van der Waals surface area contributed by atoms with Gasteiger partial charge >= 0.3 is 11.9 Å². The van der Waals surface area contributed by atoms with Crippen LogP contribution < -0.4 is 5.69 Å². The van der Waals surface area contributed by atoms with Crippen LogP contribution in [-0.2, 0) is 15.3 Å². The van der Waals surface area contributed by atoms with Gasteiger partial charge in [0, 0.05) is 24.0 Å². The summed E-state index contributed by atoms with van der Waals surface area (Å²) in [7, 11) is -4.03. The first-order valence-electron chi connectivity index (χ1n) is 10.7. The summed E-state index contributed by atoms with van der Waals surface area (Å²) in [6.07, 6.45) is -2.51. The summed E-state index contributed by atoms with van der Waals surface area (Å²) < 4.78 is 95.5. The third-order valence-corrected chi connectivity index (χ3v) is 8.04. The molecule has 1 aliphatic rings. The van der Waals surface area contributed by atoms with E-state index in [-0.39, 0.29) is 46.7 Å². The number of fused-ring (bicyclic) bond motifs is 1. The fourth-order valence-electron chi connectivity index (χ4n) is 4.12. The number of hydrogen-bond donors (Lipinski definition) is 0. The van der Waals surface area contributed by atoms with E-state index in [1.165, 1.54) is 19.1 Å². The average Bonchev–Trinajstić information content (AvgIpc) is 3.58. The van der Waals surface area contributed by atoms with Gasteiger partial charge in [-0.1, -0.05) is 13.0 Å². The highest BCUT2D eigenvalue weighted by Gasteiger charge is 2.64. The molecule has 0 aliphatic heterocycles. The van der Waals surface area contributed by atoms with Crippen LogP contribution in [0.4, 0.5) is 22.0 Å². The third kappa shape index (κ3) is 3.77. The fraction of sp³-hybridized carbons (Fsp3) is 0.261. The molecule has 0 spiro atoms. The summed E-state index contributed by atoms with van der Waals surface area (Å²) in [6.45, 7) is 1.36. The largest absolute Gasteiger partial charge is 0.398 e. The highest BCUT2D eigenvalue weighted by molar-refractivity contribution is 7.91. The molecule has 0 amide bonds. The number of alkyl halides is 3. The van der Waals surface area contributed by atoms with E-state index in [1.54, 1.807) is 0 Å². The van der Waals surface area contributed by atoms with Crippen molar-refractivity contribution in [3.8, 4) is 16.9 Å². The molecule has 13 heteroatoms. The number of nitrogens with zero attached hydrogens (tertiary/aromatic N) is 4. The van der Waals surface area contributed by atoms with Crippen LogP contribution in [0.5, 0.6) is 0 Å². The van der Waals surface area contributed by atoms with Gasteiger partial charge in [-0.3, -0.25) is 0 Å². The highest BCUT2D eigenvalue weighted by atomic mass is 32.2. The van der Waals surface area contributed by atoms with E-state index < -0.39 is 43.6 Å². The Bertz CT molecular complexity index is 1670. The molecule has 0 atom stereocenters. The summed E-state index contributed by atoms with van der Waals surface area (Å²) in [5.41, 5.74) is -2.97. The van der Waals surface area contributed by atoms with Crippen molar-refractivity contribution >= 4 is 15.5 Å². The van der Waals surface area contributed by atoms with E-state index in [9.17, 15) is 35.2 Å². The second kappa shape index (κ2) is 7.95. The van der Waals surface area contributed by atoms with Crippen molar-refractivity contribution in [2.45, 2.75) is 36.3 Å². The number of benzene rings is 1. The van der Waals surface area contributed by atoms with Crippen LogP contribution in [0.25, 0.3) is 22.6 Å². The van der Waals surface area contributed by atoms with Gasteiger partial charge in [-0.25, -0.2) is 31.4 Å². The van der Waals surface area contributed by atoms with E-state index in [0.29, 0.717) is 10.7 Å². The molecule has 3 aromatic heterocycles. The van der Waals surface area contributed by atoms with Gasteiger partial charge in [-0.15, -0.1) is 5.10 Å². The van der Waals surface area contributed by atoms with Gasteiger partial charge < -0.3 is 0 Å². The first-order chi connectivity index (χ1) is 16.9. The zero-order valence-corrected chi connectivity index (χ0v) is 19.4. The molecule has 4 aromatic rings. The topological polar surface area (TPSA) is 86.3 Å². The molecule has 36 heavy (non-hydrogen) atoms. The quantitative estimate of drug-likeness (QED) is 0.365. The van der Waals surface area contributed by atoms with Crippen molar-refractivity contribution in [3.05, 3.63) is 76.5 Å². The van der Waals surface area contributed by atoms with Crippen molar-refractivity contribution in [1.29, 1.82) is 0 Å². The molecule has 1 fully saturated rings. The Morgan fingerprint density at radius 3 is 2.28 bits per heavy atom. The van der Waals surface area contributed by atoms with Gasteiger partial charge in [0.15, 0.2) is 21.3 Å². The number of rotatable bonds is 5. The second-order valence-electron chi connectivity index (χ2n) is 8.53. The molecule has 0 radical (unpaired) electrons. The summed E-state index contributed by atoms with van der Waals surface area (Å²) in [5.74, 6) is -2.53.